The van der Waals surface area contributed by atoms with Crippen LogP contribution >= 0.6 is 0 Å². The molecule has 6 heteroatoms. The first-order valence-corrected chi connectivity index (χ1v) is 16.9. The van der Waals surface area contributed by atoms with E-state index < -0.39 is 0 Å². The zero-order chi connectivity index (χ0) is 33.5. The molecule has 0 aliphatic heterocycles. The summed E-state index contributed by atoms with van der Waals surface area (Å²) < 4.78 is 15.2. The third kappa shape index (κ3) is 4.20. The molecule has 0 radical (unpaired) electrons. The van der Waals surface area contributed by atoms with Gasteiger partial charge < -0.3 is 13.4 Å². The molecule has 0 saturated heterocycles. The Balaban J connectivity index is 1.17. The average Bonchev–Trinajstić information content (AvgIpc) is 3.87. The number of furan rings is 2. The lowest BCUT2D eigenvalue weighted by molar-refractivity contribution is 0.669. The minimum absolute atomic E-state index is 0.523. The molecule has 238 valence electrons. The maximum atomic E-state index is 6.47. The number of hydrogen-bond acceptors (Lipinski definition) is 5. The fraction of sp³-hybridized carbons (Fsp3) is 0. The molecule has 11 rings (SSSR count). The molecule has 0 N–H and O–H groups in total. The van der Waals surface area contributed by atoms with E-state index in [2.05, 4.69) is 102 Å². The van der Waals surface area contributed by atoms with Gasteiger partial charge in [-0.3, -0.25) is 0 Å². The lowest BCUT2D eigenvalue weighted by atomic mass is 10.1. The van der Waals surface area contributed by atoms with Crippen molar-refractivity contribution < 1.29 is 8.83 Å². The smallest absolute Gasteiger partial charge is 0.167 e. The van der Waals surface area contributed by atoms with Crippen LogP contribution in [0.15, 0.2) is 167 Å². The van der Waals surface area contributed by atoms with Gasteiger partial charge >= 0.3 is 0 Å². The summed E-state index contributed by atoms with van der Waals surface area (Å²) in [6.45, 7) is 0. The van der Waals surface area contributed by atoms with Gasteiger partial charge in [-0.2, -0.15) is 0 Å². The minimum atomic E-state index is 0.523. The predicted octanol–water partition coefficient (Wildman–Crippen LogP) is 11.8. The van der Waals surface area contributed by atoms with Crippen molar-refractivity contribution >= 4 is 65.7 Å². The molecular weight excluding hydrogens is 629 g/mol. The average molecular weight is 655 g/mol. The van der Waals surface area contributed by atoms with Crippen LogP contribution in [0.2, 0.25) is 0 Å². The molecule has 0 amide bonds. The van der Waals surface area contributed by atoms with Crippen molar-refractivity contribution in [1.82, 2.24) is 19.5 Å². The summed E-state index contributed by atoms with van der Waals surface area (Å²) in [5.41, 5.74) is 8.88. The van der Waals surface area contributed by atoms with Crippen LogP contribution in [-0.2, 0) is 0 Å². The molecule has 51 heavy (non-hydrogen) atoms. The van der Waals surface area contributed by atoms with Crippen molar-refractivity contribution in [2.24, 2.45) is 0 Å². The van der Waals surface area contributed by atoms with Crippen LogP contribution < -0.4 is 0 Å². The van der Waals surface area contributed by atoms with Gasteiger partial charge in [0.2, 0.25) is 0 Å². The molecule has 0 saturated carbocycles. The third-order valence-corrected chi connectivity index (χ3v) is 9.87. The quantitative estimate of drug-likeness (QED) is 0.189. The molecule has 0 aliphatic rings. The number of aromatic nitrogens is 4. The van der Waals surface area contributed by atoms with Gasteiger partial charge in [0.25, 0.3) is 0 Å². The van der Waals surface area contributed by atoms with Crippen molar-refractivity contribution in [1.29, 1.82) is 0 Å². The Labute approximate surface area is 290 Å². The fourth-order valence-electron chi connectivity index (χ4n) is 7.58. The van der Waals surface area contributed by atoms with E-state index in [9.17, 15) is 0 Å². The molecule has 4 aromatic heterocycles. The Morgan fingerprint density at radius 2 is 0.824 bits per heavy atom. The summed E-state index contributed by atoms with van der Waals surface area (Å²) in [4.78, 5) is 15.5. The third-order valence-electron chi connectivity index (χ3n) is 9.87. The first kappa shape index (κ1) is 27.9. The van der Waals surface area contributed by atoms with Crippen LogP contribution in [0.1, 0.15) is 0 Å². The van der Waals surface area contributed by atoms with Crippen molar-refractivity contribution in [3.05, 3.63) is 158 Å². The standard InChI is InChI=1S/C45H26N4O2/c1-5-22-37-29(14-1)30-15-2-6-23-38(30)49(37)28-13-9-12-27(26-28)43-46-44(35-20-10-18-33-31-16-3-7-24-39(31)50-41(33)35)48-45(47-43)36-21-11-19-34-32-17-4-8-25-40(32)51-42(34)36/h1-26H. The molecule has 4 heterocycles. The first-order chi connectivity index (χ1) is 25.3. The number of fused-ring (bicyclic) bond motifs is 9. The first-order valence-electron chi connectivity index (χ1n) is 16.9. The summed E-state index contributed by atoms with van der Waals surface area (Å²) >= 11 is 0. The second kappa shape index (κ2) is 10.7. The van der Waals surface area contributed by atoms with Crippen LogP contribution in [0, 0.1) is 0 Å². The van der Waals surface area contributed by atoms with Crippen LogP contribution in [0.25, 0.3) is 106 Å². The summed E-state index contributed by atoms with van der Waals surface area (Å²) in [6.07, 6.45) is 0. The summed E-state index contributed by atoms with van der Waals surface area (Å²) in [7, 11) is 0. The number of benzene rings is 7. The maximum Gasteiger partial charge on any atom is 0.167 e. The Hall–Kier alpha value is -7.05. The van der Waals surface area contributed by atoms with Gasteiger partial charge in [-0.05, 0) is 48.5 Å². The van der Waals surface area contributed by atoms with Gasteiger partial charge in [0.1, 0.15) is 22.3 Å². The topological polar surface area (TPSA) is 69.9 Å². The SMILES string of the molecule is c1cc(-c2nc(-c3cccc4c3oc3ccccc34)nc(-c3cccc4c3oc3ccccc34)n2)cc(-n2c3ccccc3c3ccccc32)c1. The highest BCUT2D eigenvalue weighted by atomic mass is 16.3. The van der Waals surface area contributed by atoms with Gasteiger partial charge in [0.15, 0.2) is 17.5 Å². The molecular formula is C45H26N4O2. The van der Waals surface area contributed by atoms with Crippen molar-refractivity contribution in [3.8, 4) is 39.9 Å². The maximum absolute atomic E-state index is 6.47. The Morgan fingerprint density at radius 1 is 0.373 bits per heavy atom. The predicted molar refractivity (Wildman–Crippen MR) is 205 cm³/mol. The Bertz CT molecular complexity index is 2980. The second-order valence-electron chi connectivity index (χ2n) is 12.8. The molecule has 0 fully saturated rings. The molecule has 7 aromatic carbocycles. The van der Waals surface area contributed by atoms with Gasteiger partial charge in [0.05, 0.1) is 22.2 Å². The highest BCUT2D eigenvalue weighted by molar-refractivity contribution is 6.11. The van der Waals surface area contributed by atoms with Crippen LogP contribution in [0.5, 0.6) is 0 Å². The van der Waals surface area contributed by atoms with Gasteiger partial charge in [-0.25, -0.2) is 15.0 Å². The molecule has 0 atom stereocenters. The zero-order valence-corrected chi connectivity index (χ0v) is 27.1. The van der Waals surface area contributed by atoms with Crippen LogP contribution in [0.4, 0.5) is 0 Å². The van der Waals surface area contributed by atoms with Gasteiger partial charge in [-0.15, -0.1) is 0 Å². The summed E-state index contributed by atoms with van der Waals surface area (Å²) in [5.74, 6) is 1.60. The highest BCUT2D eigenvalue weighted by Gasteiger charge is 2.21. The van der Waals surface area contributed by atoms with E-state index in [0.29, 0.717) is 17.5 Å². The molecule has 0 unspecified atom stereocenters. The lowest BCUT2D eigenvalue weighted by Gasteiger charge is -2.12. The van der Waals surface area contributed by atoms with E-state index >= 15 is 0 Å². The Morgan fingerprint density at radius 3 is 1.39 bits per heavy atom. The fourth-order valence-corrected chi connectivity index (χ4v) is 7.58. The van der Waals surface area contributed by atoms with E-state index in [0.717, 1.165) is 77.3 Å². The zero-order valence-electron chi connectivity index (χ0n) is 27.1. The normalized spacial score (nSPS) is 11.9. The number of para-hydroxylation sites is 6. The molecule has 6 nitrogen and oxygen atoms in total. The largest absolute Gasteiger partial charge is 0.455 e. The summed E-state index contributed by atoms with van der Waals surface area (Å²) in [5, 5.41) is 6.55. The lowest BCUT2D eigenvalue weighted by Crippen LogP contribution is -2.01. The van der Waals surface area contributed by atoms with Crippen molar-refractivity contribution in [2.75, 3.05) is 0 Å². The van der Waals surface area contributed by atoms with Gasteiger partial charge in [-0.1, -0.05) is 109 Å². The monoisotopic (exact) mass is 654 g/mol. The number of nitrogens with zero attached hydrogens (tertiary/aromatic N) is 4. The van der Waals surface area contributed by atoms with Crippen molar-refractivity contribution in [3.63, 3.8) is 0 Å². The second-order valence-corrected chi connectivity index (χ2v) is 12.8. The van der Waals surface area contributed by atoms with E-state index in [1.165, 1.54) is 10.8 Å². The molecule has 0 bridgehead atoms. The Kier molecular flexibility index (Phi) is 5.86. The minimum Gasteiger partial charge on any atom is -0.455 e. The summed E-state index contributed by atoms with van der Waals surface area (Å²) in [6, 6.07) is 53.9. The molecule has 11 aromatic rings. The number of rotatable bonds is 4. The van der Waals surface area contributed by atoms with E-state index in [1.807, 2.05) is 60.7 Å². The van der Waals surface area contributed by atoms with Crippen LogP contribution in [-0.4, -0.2) is 19.5 Å². The molecule has 0 aliphatic carbocycles. The van der Waals surface area contributed by atoms with Crippen molar-refractivity contribution in [2.45, 2.75) is 0 Å². The van der Waals surface area contributed by atoms with E-state index in [-0.39, 0.29) is 0 Å². The van der Waals surface area contributed by atoms with Crippen LogP contribution in [0.3, 0.4) is 0 Å². The molecule has 0 spiro atoms. The van der Waals surface area contributed by atoms with E-state index in [1.54, 1.807) is 0 Å². The highest BCUT2D eigenvalue weighted by Crippen LogP contribution is 2.39. The van der Waals surface area contributed by atoms with Gasteiger partial charge in [0, 0.05) is 43.6 Å². The number of hydrogen-bond donors (Lipinski definition) is 0. The van der Waals surface area contributed by atoms with E-state index in [4.69, 9.17) is 23.8 Å².